The predicted molar refractivity (Wildman–Crippen MR) is 109 cm³/mol. The lowest BCUT2D eigenvalue weighted by atomic mass is 9.79. The molecule has 0 heterocycles. The largest absolute Gasteiger partial charge is 0.465 e. The van der Waals surface area contributed by atoms with Gasteiger partial charge in [-0.1, -0.05) is 55.8 Å². The van der Waals surface area contributed by atoms with Crippen LogP contribution in [0.3, 0.4) is 0 Å². The summed E-state index contributed by atoms with van der Waals surface area (Å²) in [5, 5.41) is 12.3. The predicted octanol–water partition coefficient (Wildman–Crippen LogP) is 4.95. The van der Waals surface area contributed by atoms with Crippen LogP contribution >= 0.6 is 11.6 Å². The van der Waals surface area contributed by atoms with Crippen LogP contribution in [-0.2, 0) is 4.74 Å². The molecule has 1 amide bonds. The second kappa shape index (κ2) is 11.6. The number of likely N-dealkylation sites (N-methyl/N-ethyl adjacent to an activating group) is 1. The van der Waals surface area contributed by atoms with E-state index in [9.17, 15) is 9.18 Å². The van der Waals surface area contributed by atoms with Crippen LogP contribution in [0.25, 0.3) is 0 Å². The molecule has 2 rings (SSSR count). The number of carboxylic acid groups (broad SMARTS) is 1. The molecule has 1 fully saturated rings. The number of hydrogen-bond acceptors (Lipinski definition) is 3. The first kappa shape index (κ1) is 22.9. The molecule has 0 aliphatic heterocycles. The van der Waals surface area contributed by atoms with Crippen LogP contribution in [0, 0.1) is 17.7 Å². The number of rotatable bonds is 10. The fourth-order valence-corrected chi connectivity index (χ4v) is 4.24. The van der Waals surface area contributed by atoms with Gasteiger partial charge in [0.1, 0.15) is 5.82 Å². The van der Waals surface area contributed by atoms with Crippen molar-refractivity contribution in [3.63, 3.8) is 0 Å². The lowest BCUT2D eigenvalue weighted by Crippen LogP contribution is -2.33. The van der Waals surface area contributed by atoms with Gasteiger partial charge in [-0.3, -0.25) is 0 Å². The second-order valence-electron chi connectivity index (χ2n) is 7.70. The van der Waals surface area contributed by atoms with Gasteiger partial charge >= 0.3 is 6.09 Å². The van der Waals surface area contributed by atoms with Crippen molar-refractivity contribution in [2.75, 3.05) is 33.8 Å². The zero-order chi connectivity index (χ0) is 20.5. The van der Waals surface area contributed by atoms with Crippen LogP contribution in [0.1, 0.15) is 50.2 Å². The number of halogens is 2. The van der Waals surface area contributed by atoms with Gasteiger partial charge in [0, 0.05) is 31.6 Å². The molecule has 0 spiro atoms. The summed E-state index contributed by atoms with van der Waals surface area (Å²) in [6, 6.07) is 4.98. The molecule has 1 saturated carbocycles. The van der Waals surface area contributed by atoms with Crippen molar-refractivity contribution in [2.24, 2.45) is 11.8 Å². The van der Waals surface area contributed by atoms with Gasteiger partial charge in [0.05, 0.1) is 17.7 Å². The van der Waals surface area contributed by atoms with Gasteiger partial charge in [-0.25, -0.2) is 9.18 Å². The van der Waals surface area contributed by atoms with Gasteiger partial charge in [0.2, 0.25) is 0 Å². The van der Waals surface area contributed by atoms with Crippen LogP contribution in [-0.4, -0.2) is 49.9 Å². The van der Waals surface area contributed by atoms with Crippen molar-refractivity contribution in [1.29, 1.82) is 0 Å². The van der Waals surface area contributed by atoms with Gasteiger partial charge < -0.3 is 20.1 Å². The van der Waals surface area contributed by atoms with E-state index in [-0.39, 0.29) is 24.1 Å². The Balaban J connectivity index is 2.19. The summed E-state index contributed by atoms with van der Waals surface area (Å²) < 4.78 is 20.9. The van der Waals surface area contributed by atoms with Crippen molar-refractivity contribution in [3.8, 4) is 0 Å². The van der Waals surface area contributed by atoms with E-state index in [1.54, 1.807) is 12.1 Å². The molecule has 0 saturated heterocycles. The number of ether oxygens (including phenoxy) is 1. The highest BCUT2D eigenvalue weighted by Gasteiger charge is 2.30. The fraction of sp³-hybridized carbons (Fsp3) is 0.667. The molecule has 1 aliphatic rings. The highest BCUT2D eigenvalue weighted by atomic mass is 35.5. The fourth-order valence-electron chi connectivity index (χ4n) is 4.06. The minimum absolute atomic E-state index is 0.0784. The van der Waals surface area contributed by atoms with Crippen LogP contribution in [0.15, 0.2) is 18.2 Å². The molecule has 0 unspecified atom stereocenters. The molecule has 7 heteroatoms. The molecular weight excluding hydrogens is 383 g/mol. The molecule has 158 valence electrons. The average Bonchev–Trinajstić information content (AvgIpc) is 2.68. The quantitative estimate of drug-likeness (QED) is 0.568. The van der Waals surface area contributed by atoms with E-state index >= 15 is 0 Å². The lowest BCUT2D eigenvalue weighted by molar-refractivity contribution is -0.00683. The Morgan fingerprint density at radius 2 is 2.11 bits per heavy atom. The van der Waals surface area contributed by atoms with E-state index in [2.05, 4.69) is 5.32 Å². The monoisotopic (exact) mass is 414 g/mol. The normalized spacial score (nSPS) is 17.3. The Morgan fingerprint density at radius 3 is 2.75 bits per heavy atom. The minimum Gasteiger partial charge on any atom is -0.465 e. The van der Waals surface area contributed by atoms with Gasteiger partial charge in [-0.2, -0.15) is 0 Å². The molecule has 0 radical (unpaired) electrons. The molecule has 0 aromatic heterocycles. The smallest absolute Gasteiger partial charge is 0.407 e. The molecule has 2 atom stereocenters. The summed E-state index contributed by atoms with van der Waals surface area (Å²) in [7, 11) is 3.38. The number of nitrogens with zero attached hydrogens (tertiary/aromatic N) is 1. The number of nitrogens with one attached hydrogen (secondary N) is 1. The molecule has 0 bridgehead atoms. The Kier molecular flexibility index (Phi) is 9.48. The summed E-state index contributed by atoms with van der Waals surface area (Å²) >= 11 is 6.03. The number of carbonyl (C=O) groups is 1. The third-order valence-electron chi connectivity index (χ3n) is 5.59. The molecule has 2 N–H and O–H groups in total. The van der Waals surface area contributed by atoms with Gasteiger partial charge in [-0.15, -0.1) is 0 Å². The Labute approximate surface area is 172 Å². The standard InChI is InChI=1S/C21H32ClFN2O3/c1-24-14-16(13-15-7-4-3-5-8-15)20(28-12-11-25(2)21(26)27)17-9-6-10-18(22)19(17)23/h6,9-10,15-16,20,24H,3-5,7-8,11-14H2,1-2H3,(H,26,27)/t16-,20+/m0/s1. The minimum atomic E-state index is -1.01. The maximum Gasteiger partial charge on any atom is 0.407 e. The number of benzene rings is 1. The first-order valence-corrected chi connectivity index (χ1v) is 10.5. The third-order valence-corrected chi connectivity index (χ3v) is 5.89. The second-order valence-corrected chi connectivity index (χ2v) is 8.10. The topological polar surface area (TPSA) is 61.8 Å². The molecule has 28 heavy (non-hydrogen) atoms. The van der Waals surface area contributed by atoms with Gasteiger partial charge in [0.15, 0.2) is 0 Å². The van der Waals surface area contributed by atoms with Crippen LogP contribution in [0.5, 0.6) is 0 Å². The zero-order valence-corrected chi connectivity index (χ0v) is 17.6. The van der Waals surface area contributed by atoms with Crippen LogP contribution < -0.4 is 5.32 Å². The van der Waals surface area contributed by atoms with E-state index in [0.717, 1.165) is 6.42 Å². The highest BCUT2D eigenvalue weighted by molar-refractivity contribution is 6.30. The third kappa shape index (κ3) is 6.61. The zero-order valence-electron chi connectivity index (χ0n) is 16.8. The number of hydrogen-bond donors (Lipinski definition) is 2. The first-order chi connectivity index (χ1) is 13.4. The van der Waals surface area contributed by atoms with Crippen LogP contribution in [0.4, 0.5) is 9.18 Å². The molecule has 1 aliphatic carbocycles. The summed E-state index contributed by atoms with van der Waals surface area (Å²) in [4.78, 5) is 12.2. The van der Waals surface area contributed by atoms with Gasteiger partial charge in [-0.05, 0) is 25.5 Å². The van der Waals surface area contributed by atoms with Gasteiger partial charge in [0.25, 0.3) is 0 Å². The number of amides is 1. The van der Waals surface area contributed by atoms with Crippen molar-refractivity contribution in [3.05, 3.63) is 34.6 Å². The van der Waals surface area contributed by atoms with Crippen molar-refractivity contribution < 1.29 is 19.0 Å². The Hall–Kier alpha value is -1.37. The van der Waals surface area contributed by atoms with E-state index in [1.165, 1.54) is 50.1 Å². The molecule has 1 aromatic rings. The summed E-state index contributed by atoms with van der Waals surface area (Å²) in [5.41, 5.74) is 0.446. The highest BCUT2D eigenvalue weighted by Crippen LogP contribution is 2.37. The van der Waals surface area contributed by atoms with E-state index in [1.807, 2.05) is 7.05 Å². The summed E-state index contributed by atoms with van der Waals surface area (Å²) in [5.74, 6) is 0.240. The average molecular weight is 415 g/mol. The van der Waals surface area contributed by atoms with Crippen molar-refractivity contribution in [1.82, 2.24) is 10.2 Å². The van der Waals surface area contributed by atoms with Crippen LogP contribution in [0.2, 0.25) is 5.02 Å². The first-order valence-electron chi connectivity index (χ1n) is 10.1. The molecular formula is C21H32ClFN2O3. The Bertz CT molecular complexity index is 626. The summed E-state index contributed by atoms with van der Waals surface area (Å²) in [6.07, 6.45) is 5.65. The molecule has 1 aromatic carbocycles. The van der Waals surface area contributed by atoms with E-state index < -0.39 is 18.0 Å². The van der Waals surface area contributed by atoms with E-state index in [0.29, 0.717) is 18.0 Å². The summed E-state index contributed by atoms with van der Waals surface area (Å²) in [6.45, 7) is 1.12. The van der Waals surface area contributed by atoms with E-state index in [4.69, 9.17) is 21.4 Å². The van der Waals surface area contributed by atoms with Crippen molar-refractivity contribution in [2.45, 2.75) is 44.6 Å². The maximum absolute atomic E-state index is 14.8. The Morgan fingerprint density at radius 1 is 1.39 bits per heavy atom. The van der Waals surface area contributed by atoms with Crippen molar-refractivity contribution >= 4 is 17.7 Å². The maximum atomic E-state index is 14.8. The molecule has 5 nitrogen and oxygen atoms in total. The lowest BCUT2D eigenvalue weighted by Gasteiger charge is -2.33. The SMILES string of the molecule is CNC[C@H](CC1CCCCC1)[C@@H](OCCN(C)C(=O)O)c1cccc(Cl)c1F.